The molecule has 174 valence electrons. The third-order valence-electron chi connectivity index (χ3n) is 7.04. The highest BCUT2D eigenvalue weighted by molar-refractivity contribution is 5.46. The highest BCUT2D eigenvalue weighted by atomic mass is 14.3. The van der Waals surface area contributed by atoms with Gasteiger partial charge in [-0.15, -0.1) is 0 Å². The quantitative estimate of drug-likeness (QED) is 0.270. The number of hydrogen-bond acceptors (Lipinski definition) is 0. The second-order valence-corrected chi connectivity index (χ2v) is 9.78. The van der Waals surface area contributed by atoms with Gasteiger partial charge in [0.15, 0.2) is 0 Å². The Morgan fingerprint density at radius 2 is 1.15 bits per heavy atom. The van der Waals surface area contributed by atoms with Gasteiger partial charge in [0.1, 0.15) is 0 Å². The van der Waals surface area contributed by atoms with Crippen molar-refractivity contribution in [2.24, 2.45) is 5.92 Å². The van der Waals surface area contributed by atoms with E-state index in [1.54, 1.807) is 0 Å². The molecule has 0 unspecified atom stereocenters. The van der Waals surface area contributed by atoms with Gasteiger partial charge in [-0.1, -0.05) is 94.6 Å². The van der Waals surface area contributed by atoms with E-state index in [2.05, 4.69) is 86.1 Å². The van der Waals surface area contributed by atoms with Crippen LogP contribution in [0.3, 0.4) is 0 Å². The zero-order chi connectivity index (χ0) is 23.1. The van der Waals surface area contributed by atoms with Crippen LogP contribution in [0.5, 0.6) is 0 Å². The summed E-state index contributed by atoms with van der Waals surface area (Å²) in [5.41, 5.74) is 4.72. The Bertz CT molecular complexity index is 916. The van der Waals surface area contributed by atoms with Crippen LogP contribution in [0, 0.1) is 29.6 Å². The van der Waals surface area contributed by atoms with E-state index in [4.69, 9.17) is 0 Å². The molecule has 3 rings (SSSR count). The molecule has 1 aliphatic rings. The number of rotatable bonds is 9. The summed E-state index contributed by atoms with van der Waals surface area (Å²) in [5, 5.41) is 0. The van der Waals surface area contributed by atoms with Crippen molar-refractivity contribution in [1.29, 1.82) is 0 Å². The molecular formula is C33H42. The van der Waals surface area contributed by atoms with E-state index in [1.807, 2.05) is 0 Å². The van der Waals surface area contributed by atoms with Gasteiger partial charge in [-0.05, 0) is 85.9 Å². The van der Waals surface area contributed by atoms with Crippen molar-refractivity contribution >= 4 is 0 Å². The average Bonchev–Trinajstić information content (AvgIpc) is 2.86. The Kier molecular flexibility index (Phi) is 11.2. The molecule has 0 atom stereocenters. The van der Waals surface area contributed by atoms with Gasteiger partial charge in [0.25, 0.3) is 0 Å². The van der Waals surface area contributed by atoms with Gasteiger partial charge in [-0.3, -0.25) is 0 Å². The van der Waals surface area contributed by atoms with E-state index in [0.717, 1.165) is 41.4 Å². The van der Waals surface area contributed by atoms with Gasteiger partial charge in [0, 0.05) is 23.1 Å². The van der Waals surface area contributed by atoms with Crippen molar-refractivity contribution in [2.45, 2.75) is 103 Å². The highest BCUT2D eigenvalue weighted by Gasteiger charge is 2.21. The first-order valence-electron chi connectivity index (χ1n) is 13.5. The normalized spacial score (nSPS) is 17.5. The number of benzene rings is 2. The van der Waals surface area contributed by atoms with Crippen molar-refractivity contribution in [1.82, 2.24) is 0 Å². The molecule has 0 amide bonds. The minimum atomic E-state index is 0.745. The van der Waals surface area contributed by atoms with Crippen LogP contribution in [0.25, 0.3) is 0 Å². The minimum absolute atomic E-state index is 0.745. The molecule has 2 aromatic rings. The minimum Gasteiger partial charge on any atom is -0.0979 e. The zero-order valence-electron chi connectivity index (χ0n) is 21.0. The van der Waals surface area contributed by atoms with Crippen molar-refractivity contribution in [3.05, 3.63) is 70.8 Å². The van der Waals surface area contributed by atoms with Crippen LogP contribution in [0.15, 0.2) is 48.5 Å². The average molecular weight is 439 g/mol. The maximum Gasteiger partial charge on any atom is 0.0249 e. The summed E-state index contributed by atoms with van der Waals surface area (Å²) in [6.07, 6.45) is 17.6. The van der Waals surface area contributed by atoms with E-state index in [-0.39, 0.29) is 0 Å². The Labute approximate surface area is 203 Å². The van der Waals surface area contributed by atoms with E-state index in [9.17, 15) is 0 Å². The standard InChI is InChI=1S/C33H42/c1-3-5-7-8-9-11-13-29-20-24-32(25-21-29)33-26-22-31(23-27-33)19-18-30-16-14-28(15-17-30)12-10-6-4-2/h14-17,22-23,26-27,29,32H,3-9,11,13,20-21,24-25H2,1-2H3. The zero-order valence-corrected chi connectivity index (χ0v) is 21.0. The third kappa shape index (κ3) is 9.14. The van der Waals surface area contributed by atoms with E-state index < -0.39 is 0 Å². The van der Waals surface area contributed by atoms with Gasteiger partial charge < -0.3 is 0 Å². The van der Waals surface area contributed by atoms with Crippen molar-refractivity contribution < 1.29 is 0 Å². The molecule has 1 fully saturated rings. The molecule has 0 bridgehead atoms. The fraction of sp³-hybridized carbons (Fsp3) is 0.515. The molecular weight excluding hydrogens is 396 g/mol. The fourth-order valence-electron chi connectivity index (χ4n) is 4.91. The molecule has 1 aliphatic carbocycles. The molecule has 0 aliphatic heterocycles. The summed E-state index contributed by atoms with van der Waals surface area (Å²) in [4.78, 5) is 0. The number of unbranched alkanes of at least 4 members (excludes halogenated alkanes) is 6. The van der Waals surface area contributed by atoms with Crippen LogP contribution >= 0.6 is 0 Å². The maximum atomic E-state index is 3.33. The van der Waals surface area contributed by atoms with Gasteiger partial charge in [-0.25, -0.2) is 0 Å². The smallest absolute Gasteiger partial charge is 0.0249 e. The van der Waals surface area contributed by atoms with Crippen molar-refractivity contribution in [3.63, 3.8) is 0 Å². The predicted molar refractivity (Wildman–Crippen MR) is 143 cm³/mol. The highest BCUT2D eigenvalue weighted by Crippen LogP contribution is 2.37. The second-order valence-electron chi connectivity index (χ2n) is 9.78. The summed E-state index contributed by atoms with van der Waals surface area (Å²) in [6.45, 7) is 4.45. The van der Waals surface area contributed by atoms with Gasteiger partial charge in [-0.2, -0.15) is 0 Å². The first-order chi connectivity index (χ1) is 16.3. The Morgan fingerprint density at radius 1 is 0.606 bits per heavy atom. The summed E-state index contributed by atoms with van der Waals surface area (Å²) >= 11 is 0. The van der Waals surface area contributed by atoms with Crippen molar-refractivity contribution in [3.8, 4) is 23.7 Å². The first-order valence-corrected chi connectivity index (χ1v) is 13.5. The van der Waals surface area contributed by atoms with Crippen molar-refractivity contribution in [2.75, 3.05) is 0 Å². The monoisotopic (exact) mass is 438 g/mol. The van der Waals surface area contributed by atoms with Gasteiger partial charge in [0.05, 0.1) is 0 Å². The molecule has 2 aromatic carbocycles. The fourth-order valence-corrected chi connectivity index (χ4v) is 4.91. The molecule has 0 radical (unpaired) electrons. The SMILES string of the molecule is CCCC#Cc1ccc(C#Cc2ccc(C3CCC(CCCCCCCC)CC3)cc2)cc1. The molecule has 1 saturated carbocycles. The molecule has 0 N–H and O–H groups in total. The maximum absolute atomic E-state index is 3.33. The number of hydrogen-bond donors (Lipinski definition) is 0. The lowest BCUT2D eigenvalue weighted by Crippen LogP contribution is -2.13. The Hall–Kier alpha value is -2.44. The molecule has 33 heavy (non-hydrogen) atoms. The van der Waals surface area contributed by atoms with Gasteiger partial charge >= 0.3 is 0 Å². The summed E-state index contributed by atoms with van der Waals surface area (Å²) in [5.74, 6) is 14.7. The van der Waals surface area contributed by atoms with Crippen LogP contribution < -0.4 is 0 Å². The topological polar surface area (TPSA) is 0 Å². The second kappa shape index (κ2) is 14.7. The lowest BCUT2D eigenvalue weighted by atomic mass is 9.77. The van der Waals surface area contributed by atoms with Crippen LogP contribution in [-0.4, -0.2) is 0 Å². The molecule has 0 heterocycles. The van der Waals surface area contributed by atoms with E-state index in [0.29, 0.717) is 0 Å². The van der Waals surface area contributed by atoms with Crippen LogP contribution in [0.4, 0.5) is 0 Å². The molecule has 0 saturated heterocycles. The third-order valence-corrected chi connectivity index (χ3v) is 7.04. The largest absolute Gasteiger partial charge is 0.0979 e. The van der Waals surface area contributed by atoms with Crippen LogP contribution in [0.2, 0.25) is 0 Å². The summed E-state index contributed by atoms with van der Waals surface area (Å²) in [6, 6.07) is 17.3. The predicted octanol–water partition coefficient (Wildman–Crippen LogP) is 9.26. The van der Waals surface area contributed by atoms with E-state index >= 15 is 0 Å². The summed E-state index contributed by atoms with van der Waals surface area (Å²) < 4.78 is 0. The molecule has 0 aromatic heterocycles. The Morgan fingerprint density at radius 3 is 1.76 bits per heavy atom. The molecule has 0 spiro atoms. The Balaban J connectivity index is 1.43. The van der Waals surface area contributed by atoms with Gasteiger partial charge in [0.2, 0.25) is 0 Å². The summed E-state index contributed by atoms with van der Waals surface area (Å²) in [7, 11) is 0. The van der Waals surface area contributed by atoms with Crippen LogP contribution in [0.1, 0.15) is 125 Å². The lowest BCUT2D eigenvalue weighted by Gasteiger charge is -2.29. The molecule has 0 heteroatoms. The lowest BCUT2D eigenvalue weighted by molar-refractivity contribution is 0.302. The molecule has 0 nitrogen and oxygen atoms in total. The first kappa shape index (κ1) is 25.2. The van der Waals surface area contributed by atoms with E-state index in [1.165, 1.54) is 76.2 Å². The van der Waals surface area contributed by atoms with Crippen LogP contribution in [-0.2, 0) is 0 Å².